The number of likely N-dealkylation sites (N-methyl/N-ethyl adjacent to an activating group) is 1. The molecule has 1 aliphatic heterocycles. The minimum Gasteiger partial charge on any atom is -0.376 e. The third-order valence-electron chi connectivity index (χ3n) is 3.24. The molecule has 0 aliphatic carbocycles. The summed E-state index contributed by atoms with van der Waals surface area (Å²) in [6.45, 7) is 1.55. The first-order valence-corrected chi connectivity index (χ1v) is 6.23. The standard InChI is InChI=1S/C14H17FN2O/c1-17(10-13-4-2-3-7-18-13)14-6-5-12(15)8-11(14)9-16/h5-6,8,13H,2-4,7,10H2,1H3. The van der Waals surface area contributed by atoms with E-state index in [9.17, 15) is 4.39 Å². The van der Waals surface area contributed by atoms with Crippen molar-refractivity contribution in [1.82, 2.24) is 0 Å². The van der Waals surface area contributed by atoms with Crippen LogP contribution in [0.5, 0.6) is 0 Å². The van der Waals surface area contributed by atoms with Gasteiger partial charge in [-0.15, -0.1) is 0 Å². The van der Waals surface area contributed by atoms with E-state index in [0.29, 0.717) is 5.56 Å². The van der Waals surface area contributed by atoms with Crippen molar-refractivity contribution in [2.24, 2.45) is 0 Å². The maximum atomic E-state index is 13.1. The average molecular weight is 248 g/mol. The molecule has 0 N–H and O–H groups in total. The van der Waals surface area contributed by atoms with E-state index in [-0.39, 0.29) is 11.9 Å². The van der Waals surface area contributed by atoms with Crippen molar-refractivity contribution in [3.63, 3.8) is 0 Å². The first-order valence-electron chi connectivity index (χ1n) is 6.23. The van der Waals surface area contributed by atoms with E-state index in [1.165, 1.54) is 18.6 Å². The molecule has 96 valence electrons. The summed E-state index contributed by atoms with van der Waals surface area (Å²) >= 11 is 0. The lowest BCUT2D eigenvalue weighted by atomic mass is 10.1. The summed E-state index contributed by atoms with van der Waals surface area (Å²) in [6, 6.07) is 6.34. The molecule has 3 nitrogen and oxygen atoms in total. The van der Waals surface area contributed by atoms with Gasteiger partial charge in [0.1, 0.15) is 11.9 Å². The SMILES string of the molecule is CN(CC1CCCCO1)c1ccc(F)cc1C#N. The molecule has 18 heavy (non-hydrogen) atoms. The number of ether oxygens (including phenoxy) is 1. The van der Waals surface area contributed by atoms with E-state index < -0.39 is 0 Å². The lowest BCUT2D eigenvalue weighted by Crippen LogP contribution is -2.33. The van der Waals surface area contributed by atoms with Crippen molar-refractivity contribution in [3.05, 3.63) is 29.6 Å². The fraction of sp³-hybridized carbons (Fsp3) is 0.500. The maximum absolute atomic E-state index is 13.1. The van der Waals surface area contributed by atoms with Gasteiger partial charge < -0.3 is 9.64 Å². The Bertz CT molecular complexity index is 450. The van der Waals surface area contributed by atoms with Crippen molar-refractivity contribution >= 4 is 5.69 Å². The highest BCUT2D eigenvalue weighted by Gasteiger charge is 2.17. The molecule has 1 saturated heterocycles. The van der Waals surface area contributed by atoms with Gasteiger partial charge in [0.25, 0.3) is 0 Å². The number of hydrogen-bond donors (Lipinski definition) is 0. The molecule has 1 heterocycles. The van der Waals surface area contributed by atoms with Gasteiger partial charge in [0.2, 0.25) is 0 Å². The van der Waals surface area contributed by atoms with Gasteiger partial charge in [0, 0.05) is 20.2 Å². The van der Waals surface area contributed by atoms with E-state index in [4.69, 9.17) is 10.00 Å². The largest absolute Gasteiger partial charge is 0.376 e. The zero-order valence-corrected chi connectivity index (χ0v) is 10.5. The molecule has 1 aliphatic rings. The molecule has 1 aromatic rings. The topological polar surface area (TPSA) is 36.3 Å². The number of halogens is 1. The third-order valence-corrected chi connectivity index (χ3v) is 3.24. The highest BCUT2D eigenvalue weighted by atomic mass is 19.1. The lowest BCUT2D eigenvalue weighted by molar-refractivity contribution is 0.0216. The molecule has 0 amide bonds. The van der Waals surface area contributed by atoms with Crippen LogP contribution in [0.25, 0.3) is 0 Å². The van der Waals surface area contributed by atoms with Crippen molar-refractivity contribution in [1.29, 1.82) is 5.26 Å². The fourth-order valence-corrected chi connectivity index (χ4v) is 2.29. The first kappa shape index (κ1) is 12.8. The molecule has 1 aromatic carbocycles. The Labute approximate surface area is 107 Å². The van der Waals surface area contributed by atoms with E-state index in [1.54, 1.807) is 6.07 Å². The van der Waals surface area contributed by atoms with Crippen LogP contribution in [-0.2, 0) is 4.74 Å². The van der Waals surface area contributed by atoms with E-state index in [1.807, 2.05) is 18.0 Å². The van der Waals surface area contributed by atoms with Gasteiger partial charge in [-0.3, -0.25) is 0 Å². The molecular formula is C14H17FN2O. The number of benzene rings is 1. The molecule has 0 spiro atoms. The van der Waals surface area contributed by atoms with Gasteiger partial charge in [-0.05, 0) is 37.5 Å². The Balaban J connectivity index is 2.08. The van der Waals surface area contributed by atoms with Gasteiger partial charge in [0.15, 0.2) is 0 Å². The normalized spacial score (nSPS) is 19.3. The Morgan fingerprint density at radius 3 is 3.00 bits per heavy atom. The zero-order valence-electron chi connectivity index (χ0n) is 10.5. The second-order valence-electron chi connectivity index (χ2n) is 4.64. The van der Waals surface area contributed by atoms with Crippen LogP contribution in [-0.4, -0.2) is 26.3 Å². The Morgan fingerprint density at radius 1 is 1.50 bits per heavy atom. The molecule has 1 fully saturated rings. The molecule has 0 saturated carbocycles. The number of anilines is 1. The van der Waals surface area contributed by atoms with E-state index >= 15 is 0 Å². The van der Waals surface area contributed by atoms with Crippen LogP contribution in [0.2, 0.25) is 0 Å². The van der Waals surface area contributed by atoms with E-state index in [2.05, 4.69) is 0 Å². The summed E-state index contributed by atoms with van der Waals surface area (Å²) in [5, 5.41) is 9.02. The summed E-state index contributed by atoms with van der Waals surface area (Å²) in [5.41, 5.74) is 1.13. The van der Waals surface area contributed by atoms with Gasteiger partial charge in [-0.1, -0.05) is 0 Å². The summed E-state index contributed by atoms with van der Waals surface area (Å²) in [5.74, 6) is -0.377. The molecule has 4 heteroatoms. The van der Waals surface area contributed by atoms with Crippen LogP contribution < -0.4 is 4.90 Å². The molecule has 0 bridgehead atoms. The molecule has 1 unspecified atom stereocenters. The molecule has 0 aromatic heterocycles. The van der Waals surface area contributed by atoms with Crippen LogP contribution >= 0.6 is 0 Å². The van der Waals surface area contributed by atoms with Crippen LogP contribution in [0.3, 0.4) is 0 Å². The predicted molar refractivity (Wildman–Crippen MR) is 68.0 cm³/mol. The van der Waals surface area contributed by atoms with Crippen molar-refractivity contribution in [3.8, 4) is 6.07 Å². The predicted octanol–water partition coefficient (Wildman–Crippen LogP) is 2.70. The Morgan fingerprint density at radius 2 is 2.33 bits per heavy atom. The summed E-state index contributed by atoms with van der Waals surface area (Å²) in [7, 11) is 1.91. The van der Waals surface area contributed by atoms with Crippen molar-refractivity contribution in [2.75, 3.05) is 25.1 Å². The smallest absolute Gasteiger partial charge is 0.124 e. The zero-order chi connectivity index (χ0) is 13.0. The number of hydrogen-bond acceptors (Lipinski definition) is 3. The van der Waals surface area contributed by atoms with Gasteiger partial charge in [0.05, 0.1) is 17.4 Å². The molecule has 0 radical (unpaired) electrons. The fourth-order valence-electron chi connectivity index (χ4n) is 2.29. The third kappa shape index (κ3) is 2.99. The minimum absolute atomic E-state index is 0.209. The first-order chi connectivity index (χ1) is 8.70. The minimum atomic E-state index is -0.377. The monoisotopic (exact) mass is 248 g/mol. The van der Waals surface area contributed by atoms with E-state index in [0.717, 1.165) is 31.7 Å². The van der Waals surface area contributed by atoms with Crippen LogP contribution in [0.1, 0.15) is 24.8 Å². The lowest BCUT2D eigenvalue weighted by Gasteiger charge is -2.29. The molecule has 1 atom stereocenters. The quantitative estimate of drug-likeness (QED) is 0.825. The van der Waals surface area contributed by atoms with Gasteiger partial charge in [-0.2, -0.15) is 5.26 Å². The molecular weight excluding hydrogens is 231 g/mol. The number of rotatable bonds is 3. The van der Waals surface area contributed by atoms with Crippen LogP contribution in [0.4, 0.5) is 10.1 Å². The average Bonchev–Trinajstić information content (AvgIpc) is 2.39. The summed E-state index contributed by atoms with van der Waals surface area (Å²) in [6.07, 6.45) is 3.57. The number of nitrogens with zero attached hydrogens (tertiary/aromatic N) is 2. The van der Waals surface area contributed by atoms with Gasteiger partial charge in [-0.25, -0.2) is 4.39 Å². The highest BCUT2D eigenvalue weighted by Crippen LogP contribution is 2.22. The van der Waals surface area contributed by atoms with Crippen molar-refractivity contribution < 1.29 is 9.13 Å². The highest BCUT2D eigenvalue weighted by molar-refractivity contribution is 5.59. The van der Waals surface area contributed by atoms with Crippen LogP contribution in [0.15, 0.2) is 18.2 Å². The second kappa shape index (κ2) is 5.83. The summed E-state index contributed by atoms with van der Waals surface area (Å²) < 4.78 is 18.7. The Kier molecular flexibility index (Phi) is 4.16. The van der Waals surface area contributed by atoms with Crippen LogP contribution in [0, 0.1) is 17.1 Å². The molecule has 2 rings (SSSR count). The second-order valence-corrected chi connectivity index (χ2v) is 4.64. The number of nitriles is 1. The van der Waals surface area contributed by atoms with Crippen molar-refractivity contribution in [2.45, 2.75) is 25.4 Å². The maximum Gasteiger partial charge on any atom is 0.124 e. The Hall–Kier alpha value is -1.60. The van der Waals surface area contributed by atoms with Gasteiger partial charge >= 0.3 is 0 Å². The summed E-state index contributed by atoms with van der Waals surface area (Å²) in [4.78, 5) is 1.97.